The van der Waals surface area contributed by atoms with Gasteiger partial charge in [-0.05, 0) is 42.9 Å². The second kappa shape index (κ2) is 6.83. The lowest BCUT2D eigenvalue weighted by Gasteiger charge is -2.28. The van der Waals surface area contributed by atoms with Crippen LogP contribution < -0.4 is 20.1 Å². The zero-order chi connectivity index (χ0) is 18.3. The normalized spacial score (nSPS) is 21.3. The predicted octanol–water partition coefficient (Wildman–Crippen LogP) is 4.13. The average Bonchev–Trinajstić information content (AvgIpc) is 3.05. The Morgan fingerprint density at radius 3 is 2.81 bits per heavy atom. The Kier molecular flexibility index (Phi) is 4.53. The number of hydrogen-bond acceptors (Lipinski definition) is 5. The maximum Gasteiger partial charge on any atom is 0.256 e. The maximum atomic E-state index is 12.9. The van der Waals surface area contributed by atoms with Gasteiger partial charge in [-0.25, -0.2) is 0 Å². The predicted molar refractivity (Wildman–Crippen MR) is 104 cm³/mol. The molecule has 138 valence electrons. The van der Waals surface area contributed by atoms with E-state index >= 15 is 0 Å². The van der Waals surface area contributed by atoms with Gasteiger partial charge < -0.3 is 20.1 Å². The molecule has 0 saturated heterocycles. The molecule has 6 heteroatoms. The Hall–Kier alpha value is -2.21. The first-order valence-corrected chi connectivity index (χ1v) is 9.90. The van der Waals surface area contributed by atoms with Crippen LogP contribution >= 0.6 is 11.3 Å². The molecule has 2 atom stereocenters. The minimum absolute atomic E-state index is 0.00840. The number of fused-ring (bicyclic) bond motifs is 3. The van der Waals surface area contributed by atoms with E-state index in [2.05, 4.69) is 17.6 Å². The Morgan fingerprint density at radius 2 is 2.08 bits per heavy atom. The summed E-state index contributed by atoms with van der Waals surface area (Å²) in [5.41, 5.74) is 2.99. The van der Waals surface area contributed by atoms with E-state index in [0.717, 1.165) is 40.6 Å². The number of methoxy groups -OCH3 is 2. The second-order valence-corrected chi connectivity index (χ2v) is 7.99. The number of carbonyl (C=O) groups excluding carboxylic acids is 1. The summed E-state index contributed by atoms with van der Waals surface area (Å²) in [6.45, 7) is 2.25. The van der Waals surface area contributed by atoms with Crippen LogP contribution in [0.3, 0.4) is 0 Å². The minimum atomic E-state index is -0.307. The van der Waals surface area contributed by atoms with Gasteiger partial charge in [0.15, 0.2) is 0 Å². The highest BCUT2D eigenvalue weighted by atomic mass is 32.1. The number of hydrogen-bond donors (Lipinski definition) is 2. The number of rotatable bonds is 4. The smallest absolute Gasteiger partial charge is 0.256 e. The number of anilines is 1. The maximum absolute atomic E-state index is 12.9. The van der Waals surface area contributed by atoms with Crippen LogP contribution in [0.25, 0.3) is 0 Å². The van der Waals surface area contributed by atoms with Gasteiger partial charge in [-0.15, -0.1) is 11.3 Å². The summed E-state index contributed by atoms with van der Waals surface area (Å²) in [6.07, 6.45) is 4.17. The largest absolute Gasteiger partial charge is 0.497 e. The molecule has 0 radical (unpaired) electrons. The number of ether oxygens (including phenoxy) is 2. The fourth-order valence-corrected chi connectivity index (χ4v) is 5.31. The summed E-state index contributed by atoms with van der Waals surface area (Å²) in [5, 5.41) is 7.59. The molecule has 1 aliphatic carbocycles. The Balaban J connectivity index is 1.67. The first-order chi connectivity index (χ1) is 12.6. The summed E-state index contributed by atoms with van der Waals surface area (Å²) in [6, 6.07) is 5.65. The number of benzene rings is 1. The van der Waals surface area contributed by atoms with Crippen molar-refractivity contribution in [2.45, 2.75) is 38.8 Å². The second-order valence-electron chi connectivity index (χ2n) is 6.88. The summed E-state index contributed by atoms with van der Waals surface area (Å²) in [7, 11) is 3.25. The number of carbonyl (C=O) groups is 1. The third-order valence-corrected chi connectivity index (χ3v) is 6.66. The van der Waals surface area contributed by atoms with Gasteiger partial charge in [-0.2, -0.15) is 0 Å². The summed E-state index contributed by atoms with van der Waals surface area (Å²) in [5.74, 6) is 2.17. The van der Waals surface area contributed by atoms with Crippen LogP contribution in [0.5, 0.6) is 11.5 Å². The molecule has 4 rings (SSSR count). The highest BCUT2D eigenvalue weighted by molar-refractivity contribution is 7.16. The van der Waals surface area contributed by atoms with Gasteiger partial charge in [0.25, 0.3) is 5.91 Å². The molecule has 0 saturated carbocycles. The molecule has 0 bridgehead atoms. The lowest BCUT2D eigenvalue weighted by Crippen LogP contribution is -2.38. The summed E-state index contributed by atoms with van der Waals surface area (Å²) >= 11 is 1.74. The molecule has 0 fully saturated rings. The van der Waals surface area contributed by atoms with E-state index in [0.29, 0.717) is 5.75 Å². The lowest BCUT2D eigenvalue weighted by molar-refractivity contribution is 0.0934. The van der Waals surface area contributed by atoms with E-state index < -0.39 is 0 Å². The van der Waals surface area contributed by atoms with E-state index in [1.54, 1.807) is 25.6 Å². The third kappa shape index (κ3) is 2.82. The number of nitrogens with one attached hydrogen (secondary N) is 2. The van der Waals surface area contributed by atoms with Crippen molar-refractivity contribution in [1.29, 1.82) is 0 Å². The van der Waals surface area contributed by atoms with Crippen molar-refractivity contribution >= 4 is 22.2 Å². The molecule has 2 heterocycles. The molecule has 1 aliphatic heterocycles. The summed E-state index contributed by atoms with van der Waals surface area (Å²) < 4.78 is 10.8. The molecule has 1 aromatic heterocycles. The van der Waals surface area contributed by atoms with Crippen LogP contribution in [0.1, 0.15) is 52.3 Å². The zero-order valence-electron chi connectivity index (χ0n) is 15.3. The van der Waals surface area contributed by atoms with Crippen LogP contribution in [-0.4, -0.2) is 20.1 Å². The van der Waals surface area contributed by atoms with Crippen molar-refractivity contribution in [2.75, 3.05) is 19.5 Å². The van der Waals surface area contributed by atoms with E-state index in [9.17, 15) is 4.79 Å². The molecule has 5 nitrogen and oxygen atoms in total. The third-order valence-electron chi connectivity index (χ3n) is 5.47. The van der Waals surface area contributed by atoms with Gasteiger partial charge in [0.05, 0.1) is 19.8 Å². The topological polar surface area (TPSA) is 59.6 Å². The molecule has 0 spiro atoms. The first kappa shape index (κ1) is 17.2. The molecule has 1 aromatic carbocycles. The Labute approximate surface area is 157 Å². The van der Waals surface area contributed by atoms with Crippen molar-refractivity contribution in [2.24, 2.45) is 5.92 Å². The van der Waals surface area contributed by atoms with Crippen LogP contribution in [0.2, 0.25) is 0 Å². The van der Waals surface area contributed by atoms with Crippen LogP contribution in [0.4, 0.5) is 5.00 Å². The molecule has 2 aliphatic rings. The Morgan fingerprint density at radius 1 is 1.23 bits per heavy atom. The van der Waals surface area contributed by atoms with Gasteiger partial charge in [0, 0.05) is 16.5 Å². The van der Waals surface area contributed by atoms with Crippen LogP contribution in [0, 0.1) is 5.92 Å². The minimum Gasteiger partial charge on any atom is -0.497 e. The van der Waals surface area contributed by atoms with Gasteiger partial charge in [0.2, 0.25) is 0 Å². The summed E-state index contributed by atoms with van der Waals surface area (Å²) in [4.78, 5) is 14.2. The van der Waals surface area contributed by atoms with Gasteiger partial charge in [-0.1, -0.05) is 13.3 Å². The number of thiophene rings is 1. The molecule has 0 unspecified atom stereocenters. The molecular weight excluding hydrogens is 348 g/mol. The molecule has 2 aromatic rings. The Bertz CT molecular complexity index is 846. The fraction of sp³-hybridized carbons (Fsp3) is 0.450. The highest BCUT2D eigenvalue weighted by Crippen LogP contribution is 2.44. The quantitative estimate of drug-likeness (QED) is 0.847. The SMILES string of the molecule is CC[C@@H]1CCc2c(sc3c2C(=O)N[C@H](c2ccc(OC)cc2OC)N3)C1. The van der Waals surface area contributed by atoms with E-state index in [1.165, 1.54) is 23.3 Å². The molecule has 2 N–H and O–H groups in total. The van der Waals surface area contributed by atoms with E-state index in [-0.39, 0.29) is 12.1 Å². The number of amides is 1. The highest BCUT2D eigenvalue weighted by Gasteiger charge is 2.34. The average molecular weight is 372 g/mol. The van der Waals surface area contributed by atoms with Gasteiger partial charge in [-0.3, -0.25) is 4.79 Å². The zero-order valence-corrected chi connectivity index (χ0v) is 16.2. The van der Waals surface area contributed by atoms with Crippen molar-refractivity contribution in [3.63, 3.8) is 0 Å². The standard InChI is InChI=1S/C20H24N2O3S/c1-4-11-5-7-14-16(9-11)26-20-17(14)19(23)21-18(22-20)13-8-6-12(24-2)10-15(13)25-3/h6,8,10-11,18,22H,4-5,7,9H2,1-3H3,(H,21,23)/t11-,18+/m1/s1. The van der Waals surface area contributed by atoms with Crippen LogP contribution in [0.15, 0.2) is 18.2 Å². The first-order valence-electron chi connectivity index (χ1n) is 9.08. The lowest BCUT2D eigenvalue weighted by atomic mass is 9.85. The molecular formula is C20H24N2O3S. The van der Waals surface area contributed by atoms with Crippen molar-refractivity contribution < 1.29 is 14.3 Å². The van der Waals surface area contributed by atoms with Crippen molar-refractivity contribution in [3.8, 4) is 11.5 Å². The fourth-order valence-electron chi connectivity index (χ4n) is 3.93. The molecule has 26 heavy (non-hydrogen) atoms. The molecule has 1 amide bonds. The van der Waals surface area contributed by atoms with Crippen molar-refractivity contribution in [3.05, 3.63) is 39.8 Å². The van der Waals surface area contributed by atoms with Gasteiger partial charge >= 0.3 is 0 Å². The monoisotopic (exact) mass is 372 g/mol. The van der Waals surface area contributed by atoms with Gasteiger partial charge in [0.1, 0.15) is 22.7 Å². The van der Waals surface area contributed by atoms with Crippen molar-refractivity contribution in [1.82, 2.24) is 5.32 Å². The van der Waals surface area contributed by atoms with Crippen LogP contribution in [-0.2, 0) is 12.8 Å². The van der Waals surface area contributed by atoms with E-state index in [4.69, 9.17) is 9.47 Å². The van der Waals surface area contributed by atoms with E-state index in [1.807, 2.05) is 18.2 Å².